The first kappa shape index (κ1) is 14.0. The molecule has 1 unspecified atom stereocenters. The fraction of sp³-hybridized carbons (Fsp3) is 0.538. The largest absolute Gasteiger partial charge is 0.496 e. The third kappa shape index (κ3) is 4.73. The summed E-state index contributed by atoms with van der Waals surface area (Å²) >= 11 is 0. The van der Waals surface area contributed by atoms with Crippen molar-refractivity contribution < 1.29 is 4.74 Å². The van der Waals surface area contributed by atoms with Crippen LogP contribution in [0, 0.1) is 6.92 Å². The highest BCUT2D eigenvalue weighted by atomic mass is 16.5. The number of ether oxygens (including phenoxy) is 1. The molecule has 0 radical (unpaired) electrons. The van der Waals surface area contributed by atoms with E-state index in [0.717, 1.165) is 25.3 Å². The number of hydrogen-bond donors (Lipinski definition) is 3. The van der Waals surface area contributed by atoms with Gasteiger partial charge >= 0.3 is 0 Å². The van der Waals surface area contributed by atoms with Crippen molar-refractivity contribution in [3.8, 4) is 5.75 Å². The van der Waals surface area contributed by atoms with Crippen LogP contribution in [0.4, 0.5) is 0 Å². The summed E-state index contributed by atoms with van der Waals surface area (Å²) in [7, 11) is 1.69. The van der Waals surface area contributed by atoms with Gasteiger partial charge in [-0.05, 0) is 37.1 Å². The first-order valence-electron chi connectivity index (χ1n) is 5.97. The van der Waals surface area contributed by atoms with E-state index in [1.807, 2.05) is 6.07 Å². The van der Waals surface area contributed by atoms with Crippen LogP contribution in [0.2, 0.25) is 0 Å². The molecule has 0 heterocycles. The summed E-state index contributed by atoms with van der Waals surface area (Å²) in [4.78, 5) is 0. The average molecular weight is 237 g/mol. The molecule has 0 aliphatic rings. The van der Waals surface area contributed by atoms with Gasteiger partial charge in [0.05, 0.1) is 7.11 Å². The summed E-state index contributed by atoms with van der Waals surface area (Å²) in [6.45, 7) is 4.26. The number of nitrogens with two attached hydrogens (primary N) is 2. The van der Waals surface area contributed by atoms with Crippen molar-refractivity contribution in [1.82, 2.24) is 5.32 Å². The SMILES string of the molecule is COc1ccc(CCNCC(N)CN)cc1C. The normalized spacial score (nSPS) is 12.5. The Morgan fingerprint density at radius 1 is 1.41 bits per heavy atom. The number of methoxy groups -OCH3 is 1. The van der Waals surface area contributed by atoms with E-state index in [9.17, 15) is 0 Å². The molecule has 1 atom stereocenters. The van der Waals surface area contributed by atoms with E-state index in [1.54, 1.807) is 7.11 Å². The predicted molar refractivity (Wildman–Crippen MR) is 71.3 cm³/mol. The molecule has 4 nitrogen and oxygen atoms in total. The fourth-order valence-corrected chi connectivity index (χ4v) is 1.70. The molecule has 0 saturated heterocycles. The van der Waals surface area contributed by atoms with Gasteiger partial charge in [0, 0.05) is 19.1 Å². The Bertz CT molecular complexity index is 341. The van der Waals surface area contributed by atoms with Gasteiger partial charge in [0.15, 0.2) is 0 Å². The van der Waals surface area contributed by atoms with Gasteiger partial charge in [-0.3, -0.25) is 0 Å². The third-order valence-electron chi connectivity index (χ3n) is 2.76. The van der Waals surface area contributed by atoms with Gasteiger partial charge in [0.1, 0.15) is 5.75 Å². The van der Waals surface area contributed by atoms with Crippen LogP contribution in [0.15, 0.2) is 18.2 Å². The van der Waals surface area contributed by atoms with Crippen molar-refractivity contribution in [2.45, 2.75) is 19.4 Å². The van der Waals surface area contributed by atoms with Crippen molar-refractivity contribution >= 4 is 0 Å². The monoisotopic (exact) mass is 237 g/mol. The third-order valence-corrected chi connectivity index (χ3v) is 2.76. The number of benzene rings is 1. The smallest absolute Gasteiger partial charge is 0.121 e. The molecule has 0 spiro atoms. The minimum atomic E-state index is 0.0487. The summed E-state index contributed by atoms with van der Waals surface area (Å²) in [6, 6.07) is 6.31. The maximum atomic E-state index is 5.71. The molecule has 1 rings (SSSR count). The Morgan fingerprint density at radius 2 is 2.18 bits per heavy atom. The molecule has 1 aromatic rings. The highest BCUT2D eigenvalue weighted by Crippen LogP contribution is 2.18. The Morgan fingerprint density at radius 3 is 2.76 bits per heavy atom. The molecule has 0 aliphatic heterocycles. The predicted octanol–water partition coefficient (Wildman–Crippen LogP) is 0.422. The van der Waals surface area contributed by atoms with Crippen LogP contribution in [0.3, 0.4) is 0 Å². The van der Waals surface area contributed by atoms with E-state index in [0.29, 0.717) is 6.54 Å². The Kier molecular flexibility index (Phi) is 5.97. The van der Waals surface area contributed by atoms with Crippen LogP contribution in [0.1, 0.15) is 11.1 Å². The van der Waals surface area contributed by atoms with Crippen molar-refractivity contribution in [2.24, 2.45) is 11.5 Å². The molecular formula is C13H23N3O. The van der Waals surface area contributed by atoms with Gasteiger partial charge in [0.25, 0.3) is 0 Å². The average Bonchev–Trinajstić information content (AvgIpc) is 2.34. The summed E-state index contributed by atoms with van der Waals surface area (Å²) in [5.41, 5.74) is 13.6. The molecule has 5 N–H and O–H groups in total. The second-order valence-corrected chi connectivity index (χ2v) is 4.25. The minimum absolute atomic E-state index is 0.0487. The Balaban J connectivity index is 2.34. The van der Waals surface area contributed by atoms with E-state index < -0.39 is 0 Å². The molecule has 1 aromatic carbocycles. The van der Waals surface area contributed by atoms with Crippen LogP contribution in [0.5, 0.6) is 5.75 Å². The molecule has 17 heavy (non-hydrogen) atoms. The van der Waals surface area contributed by atoms with E-state index in [1.165, 1.54) is 11.1 Å². The molecule has 0 aliphatic carbocycles. The zero-order valence-corrected chi connectivity index (χ0v) is 10.7. The van der Waals surface area contributed by atoms with Crippen molar-refractivity contribution in [1.29, 1.82) is 0 Å². The lowest BCUT2D eigenvalue weighted by Crippen LogP contribution is -2.40. The number of aryl methyl sites for hydroxylation is 1. The zero-order chi connectivity index (χ0) is 12.7. The van der Waals surface area contributed by atoms with Crippen LogP contribution in [-0.2, 0) is 6.42 Å². The van der Waals surface area contributed by atoms with Gasteiger partial charge in [-0.2, -0.15) is 0 Å². The van der Waals surface area contributed by atoms with Crippen molar-refractivity contribution in [3.63, 3.8) is 0 Å². The molecule has 0 bridgehead atoms. The second kappa shape index (κ2) is 7.27. The lowest BCUT2D eigenvalue weighted by atomic mass is 10.1. The molecule has 96 valence electrons. The number of nitrogens with one attached hydrogen (secondary N) is 1. The van der Waals surface area contributed by atoms with Crippen LogP contribution in [0.25, 0.3) is 0 Å². The van der Waals surface area contributed by atoms with Gasteiger partial charge in [-0.25, -0.2) is 0 Å². The highest BCUT2D eigenvalue weighted by Gasteiger charge is 2.01. The number of rotatable bonds is 7. The highest BCUT2D eigenvalue weighted by molar-refractivity contribution is 5.36. The van der Waals surface area contributed by atoms with E-state index in [-0.39, 0.29) is 6.04 Å². The standard InChI is InChI=1S/C13H23N3O/c1-10-7-11(3-4-13(10)17-2)5-6-16-9-12(15)8-14/h3-4,7,12,16H,5-6,8-9,14-15H2,1-2H3. The van der Waals surface area contributed by atoms with E-state index >= 15 is 0 Å². The van der Waals surface area contributed by atoms with Crippen molar-refractivity contribution in [2.75, 3.05) is 26.7 Å². The molecule has 0 amide bonds. The summed E-state index contributed by atoms with van der Waals surface area (Å²) in [5, 5.41) is 3.30. The summed E-state index contributed by atoms with van der Waals surface area (Å²) in [5.74, 6) is 0.937. The van der Waals surface area contributed by atoms with Gasteiger partial charge in [-0.1, -0.05) is 12.1 Å². The first-order valence-corrected chi connectivity index (χ1v) is 5.97. The Hall–Kier alpha value is -1.10. The molecule has 0 fully saturated rings. The topological polar surface area (TPSA) is 73.3 Å². The molecule has 0 aromatic heterocycles. The number of hydrogen-bond acceptors (Lipinski definition) is 4. The van der Waals surface area contributed by atoms with Crippen LogP contribution in [-0.4, -0.2) is 32.8 Å². The minimum Gasteiger partial charge on any atom is -0.496 e. The van der Waals surface area contributed by atoms with Crippen molar-refractivity contribution in [3.05, 3.63) is 29.3 Å². The fourth-order valence-electron chi connectivity index (χ4n) is 1.70. The molecule has 0 saturated carbocycles. The quantitative estimate of drug-likeness (QED) is 0.601. The van der Waals surface area contributed by atoms with E-state index in [4.69, 9.17) is 16.2 Å². The maximum absolute atomic E-state index is 5.71. The maximum Gasteiger partial charge on any atom is 0.121 e. The lowest BCUT2D eigenvalue weighted by molar-refractivity contribution is 0.411. The zero-order valence-electron chi connectivity index (χ0n) is 10.7. The van der Waals surface area contributed by atoms with Gasteiger partial charge in [0.2, 0.25) is 0 Å². The summed E-state index contributed by atoms with van der Waals surface area (Å²) < 4.78 is 5.23. The first-order chi connectivity index (χ1) is 8.17. The molecule has 4 heteroatoms. The van der Waals surface area contributed by atoms with E-state index in [2.05, 4.69) is 24.4 Å². The second-order valence-electron chi connectivity index (χ2n) is 4.25. The lowest BCUT2D eigenvalue weighted by Gasteiger charge is -2.11. The van der Waals surface area contributed by atoms with Gasteiger partial charge < -0.3 is 21.5 Å². The summed E-state index contributed by atoms with van der Waals surface area (Å²) in [6.07, 6.45) is 0.988. The van der Waals surface area contributed by atoms with Gasteiger partial charge in [-0.15, -0.1) is 0 Å². The Labute approximate surface area is 103 Å². The van der Waals surface area contributed by atoms with Crippen LogP contribution < -0.4 is 21.5 Å². The molecular weight excluding hydrogens is 214 g/mol. The van der Waals surface area contributed by atoms with Crippen LogP contribution >= 0.6 is 0 Å².